The van der Waals surface area contributed by atoms with E-state index in [-0.39, 0.29) is 12.3 Å². The number of benzene rings is 2. The number of nitrogens with one attached hydrogen (secondary N) is 1. The number of hydrogen-bond acceptors (Lipinski definition) is 4. The third-order valence-corrected chi connectivity index (χ3v) is 6.45. The van der Waals surface area contributed by atoms with Crippen LogP contribution in [0.1, 0.15) is 32.9 Å². The van der Waals surface area contributed by atoms with E-state index in [1.54, 1.807) is 13.2 Å². The van der Waals surface area contributed by atoms with Gasteiger partial charge in [-0.05, 0) is 31.0 Å². The minimum Gasteiger partial charge on any atom is -0.383 e. The number of aryl methyl sites for hydroxylation is 1. The molecular formula is C27H29N3O4. The summed E-state index contributed by atoms with van der Waals surface area (Å²) >= 11 is 0. The summed E-state index contributed by atoms with van der Waals surface area (Å²) in [6.07, 6.45) is 0.290. The molecule has 1 aliphatic rings. The van der Waals surface area contributed by atoms with Crippen LogP contribution in [-0.2, 0) is 28.0 Å². The van der Waals surface area contributed by atoms with Crippen molar-refractivity contribution in [2.24, 2.45) is 0 Å². The molecule has 0 spiro atoms. The molecule has 0 bridgehead atoms. The van der Waals surface area contributed by atoms with Gasteiger partial charge in [-0.3, -0.25) is 14.5 Å². The summed E-state index contributed by atoms with van der Waals surface area (Å²) in [4.78, 5) is 41.1. The largest absolute Gasteiger partial charge is 0.383 e. The van der Waals surface area contributed by atoms with Crippen LogP contribution in [0.2, 0.25) is 0 Å². The molecule has 176 valence electrons. The molecule has 3 aromatic rings. The predicted octanol–water partition coefficient (Wildman–Crippen LogP) is 3.62. The highest BCUT2D eigenvalue weighted by Crippen LogP contribution is 2.33. The van der Waals surface area contributed by atoms with E-state index in [0.29, 0.717) is 30.7 Å². The number of aromatic nitrogens is 1. The van der Waals surface area contributed by atoms with Crippen LogP contribution in [0.3, 0.4) is 0 Å². The van der Waals surface area contributed by atoms with Crippen LogP contribution < -0.4 is 5.32 Å². The van der Waals surface area contributed by atoms with E-state index in [0.717, 1.165) is 21.9 Å². The van der Waals surface area contributed by atoms with Crippen LogP contribution >= 0.6 is 0 Å². The van der Waals surface area contributed by atoms with Gasteiger partial charge in [-0.15, -0.1) is 0 Å². The SMILES string of the molecule is COCCn1c(C)cc(C(=O)CN2C(=O)NC(Cc3ccccc3)(c3ccccc3)C2=O)c1C. The van der Waals surface area contributed by atoms with Crippen LogP contribution in [0.4, 0.5) is 4.79 Å². The normalized spacial score (nSPS) is 17.8. The molecule has 0 radical (unpaired) electrons. The Bertz CT molecular complexity index is 1200. The van der Waals surface area contributed by atoms with E-state index in [2.05, 4.69) is 5.32 Å². The molecular weight excluding hydrogens is 430 g/mol. The fourth-order valence-corrected chi connectivity index (χ4v) is 4.65. The van der Waals surface area contributed by atoms with Crippen molar-refractivity contribution in [3.63, 3.8) is 0 Å². The molecule has 0 aliphatic carbocycles. The maximum Gasteiger partial charge on any atom is 0.325 e. The predicted molar refractivity (Wildman–Crippen MR) is 129 cm³/mol. The number of carbonyl (C=O) groups is 3. The summed E-state index contributed by atoms with van der Waals surface area (Å²) in [5.74, 6) is -0.696. The fraction of sp³-hybridized carbons (Fsp3) is 0.296. The van der Waals surface area contributed by atoms with Crippen molar-refractivity contribution < 1.29 is 19.1 Å². The van der Waals surface area contributed by atoms with E-state index < -0.39 is 17.5 Å². The fourth-order valence-electron chi connectivity index (χ4n) is 4.65. The Morgan fingerprint density at radius 2 is 1.65 bits per heavy atom. The molecule has 1 N–H and O–H groups in total. The monoisotopic (exact) mass is 459 g/mol. The zero-order valence-electron chi connectivity index (χ0n) is 19.7. The van der Waals surface area contributed by atoms with Gasteiger partial charge in [0.1, 0.15) is 0 Å². The number of methoxy groups -OCH3 is 1. The minimum atomic E-state index is -1.27. The van der Waals surface area contributed by atoms with Crippen LogP contribution in [-0.4, -0.2) is 47.4 Å². The Kier molecular flexibility index (Phi) is 6.65. The second-order valence-electron chi connectivity index (χ2n) is 8.61. The van der Waals surface area contributed by atoms with Gasteiger partial charge in [0, 0.05) is 37.0 Å². The highest BCUT2D eigenvalue weighted by atomic mass is 16.5. The third kappa shape index (κ3) is 4.26. The maximum absolute atomic E-state index is 13.8. The molecule has 3 amide bonds. The highest BCUT2D eigenvalue weighted by Gasteiger charge is 2.52. The number of rotatable bonds is 9. The van der Waals surface area contributed by atoms with E-state index >= 15 is 0 Å². The Labute approximate surface area is 199 Å². The summed E-state index contributed by atoms with van der Waals surface area (Å²) < 4.78 is 7.17. The lowest BCUT2D eigenvalue weighted by atomic mass is 9.83. The molecule has 1 atom stereocenters. The lowest BCUT2D eigenvalue weighted by Crippen LogP contribution is -2.46. The van der Waals surface area contributed by atoms with Crippen molar-refractivity contribution in [3.05, 3.63) is 94.8 Å². The summed E-state index contributed by atoms with van der Waals surface area (Å²) in [5.41, 5.74) is 2.56. The second-order valence-corrected chi connectivity index (χ2v) is 8.61. The number of ketones is 1. The lowest BCUT2D eigenvalue weighted by molar-refractivity contribution is -0.131. The third-order valence-electron chi connectivity index (χ3n) is 6.45. The zero-order chi connectivity index (χ0) is 24.3. The van der Waals surface area contributed by atoms with Crippen LogP contribution in [0.5, 0.6) is 0 Å². The van der Waals surface area contributed by atoms with E-state index in [1.807, 2.05) is 79.1 Å². The Morgan fingerprint density at radius 1 is 1.00 bits per heavy atom. The molecule has 7 heteroatoms. The van der Waals surface area contributed by atoms with E-state index in [1.165, 1.54) is 0 Å². The van der Waals surface area contributed by atoms with E-state index in [9.17, 15) is 14.4 Å². The van der Waals surface area contributed by atoms with Crippen molar-refractivity contribution in [2.75, 3.05) is 20.3 Å². The smallest absolute Gasteiger partial charge is 0.325 e. The first-order valence-corrected chi connectivity index (χ1v) is 11.3. The molecule has 34 heavy (non-hydrogen) atoms. The quantitative estimate of drug-likeness (QED) is 0.392. The number of carbonyl (C=O) groups excluding carboxylic acids is 3. The summed E-state index contributed by atoms with van der Waals surface area (Å²) in [6, 6.07) is 20.0. The van der Waals surface area contributed by atoms with Crippen molar-refractivity contribution in [3.8, 4) is 0 Å². The molecule has 1 saturated heterocycles. The van der Waals surface area contributed by atoms with Gasteiger partial charge in [0.25, 0.3) is 5.91 Å². The number of hydrogen-bond donors (Lipinski definition) is 1. The molecule has 7 nitrogen and oxygen atoms in total. The lowest BCUT2D eigenvalue weighted by Gasteiger charge is -2.27. The molecule has 1 aromatic heterocycles. The van der Waals surface area contributed by atoms with Gasteiger partial charge in [0.2, 0.25) is 0 Å². The van der Waals surface area contributed by atoms with Crippen molar-refractivity contribution in [1.29, 1.82) is 0 Å². The van der Waals surface area contributed by atoms with Gasteiger partial charge in [-0.2, -0.15) is 0 Å². The Morgan fingerprint density at radius 3 is 2.29 bits per heavy atom. The second kappa shape index (κ2) is 9.65. The Hall–Kier alpha value is -3.71. The van der Waals surface area contributed by atoms with Crippen LogP contribution in [0.25, 0.3) is 0 Å². The van der Waals surface area contributed by atoms with Crippen LogP contribution in [0, 0.1) is 13.8 Å². The molecule has 1 aliphatic heterocycles. The number of Topliss-reactive ketones (excluding diaryl/α,β-unsaturated/α-hetero) is 1. The van der Waals surface area contributed by atoms with E-state index in [4.69, 9.17) is 4.74 Å². The number of nitrogens with zero attached hydrogens (tertiary/aromatic N) is 2. The summed E-state index contributed by atoms with van der Waals surface area (Å²) in [5, 5.41) is 2.91. The topological polar surface area (TPSA) is 80.6 Å². The standard InChI is InChI=1S/C27H29N3O4/c1-19-16-23(20(2)29(19)14-15-34-3)24(31)18-30-25(32)27(28-26(30)33,22-12-8-5-9-13-22)17-21-10-6-4-7-11-21/h4-13,16H,14-15,17-18H2,1-3H3,(H,28,33). The first-order valence-electron chi connectivity index (χ1n) is 11.3. The van der Waals surface area contributed by atoms with Gasteiger partial charge >= 0.3 is 6.03 Å². The van der Waals surface area contributed by atoms with Gasteiger partial charge in [-0.25, -0.2) is 4.79 Å². The zero-order valence-corrected chi connectivity index (χ0v) is 19.7. The molecule has 0 saturated carbocycles. The van der Waals surface area contributed by atoms with Gasteiger partial charge in [0.15, 0.2) is 11.3 Å². The van der Waals surface area contributed by atoms with Gasteiger partial charge < -0.3 is 14.6 Å². The van der Waals surface area contributed by atoms with Crippen molar-refractivity contribution in [1.82, 2.24) is 14.8 Å². The minimum absolute atomic E-state index is 0.274. The highest BCUT2D eigenvalue weighted by molar-refractivity contribution is 6.11. The maximum atomic E-state index is 13.8. The van der Waals surface area contributed by atoms with Gasteiger partial charge in [-0.1, -0.05) is 60.7 Å². The Balaban J connectivity index is 1.64. The molecule has 2 aromatic carbocycles. The summed E-state index contributed by atoms with van der Waals surface area (Å²) in [6.45, 7) is 4.62. The van der Waals surface area contributed by atoms with Crippen LogP contribution in [0.15, 0.2) is 66.7 Å². The number of amides is 3. The first kappa shape index (κ1) is 23.4. The number of ether oxygens (including phenoxy) is 1. The molecule has 2 heterocycles. The first-order chi connectivity index (χ1) is 16.4. The molecule has 4 rings (SSSR count). The average molecular weight is 460 g/mol. The number of urea groups is 1. The van der Waals surface area contributed by atoms with Gasteiger partial charge in [0.05, 0.1) is 13.2 Å². The average Bonchev–Trinajstić information content (AvgIpc) is 3.26. The van der Waals surface area contributed by atoms with Crippen molar-refractivity contribution in [2.45, 2.75) is 32.4 Å². The molecule has 1 unspecified atom stereocenters. The number of imide groups is 1. The molecule has 1 fully saturated rings. The summed E-state index contributed by atoms with van der Waals surface area (Å²) in [7, 11) is 1.63. The van der Waals surface area contributed by atoms with Crippen molar-refractivity contribution >= 4 is 17.7 Å².